The van der Waals surface area contributed by atoms with Crippen LogP contribution in [0.15, 0.2) is 47.5 Å². The summed E-state index contributed by atoms with van der Waals surface area (Å²) in [6.45, 7) is 1.94. The molecular formula is C14H11N3O4. The Hall–Kier alpha value is -3.09. The van der Waals surface area contributed by atoms with E-state index < -0.39 is 9.85 Å². The molecule has 0 heterocycles. The maximum Gasteiger partial charge on any atom is 0.285 e. The molecule has 106 valence electrons. The Morgan fingerprint density at radius 1 is 1.00 bits per heavy atom. The second-order valence-corrected chi connectivity index (χ2v) is 4.35. The van der Waals surface area contributed by atoms with Crippen molar-refractivity contribution in [2.75, 3.05) is 0 Å². The minimum Gasteiger partial charge on any atom is -0.258 e. The highest BCUT2D eigenvalue weighted by molar-refractivity contribution is 5.87. The molecule has 0 spiro atoms. The average Bonchev–Trinajstić information content (AvgIpc) is 2.46. The minimum absolute atomic E-state index is 0.214. The van der Waals surface area contributed by atoms with Crippen LogP contribution in [0.3, 0.4) is 0 Å². The van der Waals surface area contributed by atoms with E-state index in [1.165, 1.54) is 18.3 Å². The number of hydrogen-bond acceptors (Lipinski definition) is 5. The minimum atomic E-state index is -0.673. The van der Waals surface area contributed by atoms with Crippen molar-refractivity contribution in [2.24, 2.45) is 4.99 Å². The van der Waals surface area contributed by atoms with E-state index in [2.05, 4.69) is 4.99 Å². The van der Waals surface area contributed by atoms with Gasteiger partial charge >= 0.3 is 0 Å². The number of aryl methyl sites for hydroxylation is 1. The van der Waals surface area contributed by atoms with Crippen molar-refractivity contribution < 1.29 is 9.85 Å². The van der Waals surface area contributed by atoms with Crippen molar-refractivity contribution in [3.63, 3.8) is 0 Å². The molecule has 0 atom stereocenters. The fourth-order valence-electron chi connectivity index (χ4n) is 1.69. The quantitative estimate of drug-likeness (QED) is 0.487. The van der Waals surface area contributed by atoms with E-state index in [-0.39, 0.29) is 16.9 Å². The predicted molar refractivity (Wildman–Crippen MR) is 78.2 cm³/mol. The summed E-state index contributed by atoms with van der Waals surface area (Å²) in [6, 6.07) is 10.8. The van der Waals surface area contributed by atoms with Crippen LogP contribution in [0.2, 0.25) is 0 Å². The average molecular weight is 285 g/mol. The van der Waals surface area contributed by atoms with Crippen molar-refractivity contribution >= 4 is 23.3 Å². The van der Waals surface area contributed by atoms with Crippen molar-refractivity contribution in [3.05, 3.63) is 73.8 Å². The first-order valence-electron chi connectivity index (χ1n) is 6.01. The number of nitro groups is 2. The van der Waals surface area contributed by atoms with Gasteiger partial charge in [0.15, 0.2) is 0 Å². The van der Waals surface area contributed by atoms with Crippen LogP contribution >= 0.6 is 0 Å². The third kappa shape index (κ3) is 3.47. The van der Waals surface area contributed by atoms with Crippen LogP contribution in [0, 0.1) is 27.2 Å². The lowest BCUT2D eigenvalue weighted by molar-refractivity contribution is -0.394. The van der Waals surface area contributed by atoms with Gasteiger partial charge in [-0.05, 0) is 25.1 Å². The van der Waals surface area contributed by atoms with E-state index >= 15 is 0 Å². The monoisotopic (exact) mass is 285 g/mol. The van der Waals surface area contributed by atoms with Gasteiger partial charge in [0, 0.05) is 12.3 Å². The van der Waals surface area contributed by atoms with Gasteiger partial charge in [0.25, 0.3) is 11.4 Å². The first-order valence-corrected chi connectivity index (χ1v) is 6.01. The Labute approximate surface area is 119 Å². The van der Waals surface area contributed by atoms with Gasteiger partial charge in [-0.25, -0.2) is 0 Å². The van der Waals surface area contributed by atoms with Crippen molar-refractivity contribution in [2.45, 2.75) is 6.92 Å². The normalized spacial score (nSPS) is 10.7. The molecule has 0 aliphatic heterocycles. The predicted octanol–water partition coefficient (Wildman–Crippen LogP) is 3.56. The number of rotatable bonds is 4. The van der Waals surface area contributed by atoms with Gasteiger partial charge in [-0.2, -0.15) is 0 Å². The molecule has 0 aliphatic carbocycles. The highest BCUT2D eigenvalue weighted by Crippen LogP contribution is 2.24. The first-order chi connectivity index (χ1) is 9.97. The lowest BCUT2D eigenvalue weighted by Crippen LogP contribution is -1.97. The van der Waals surface area contributed by atoms with Crippen LogP contribution in [-0.4, -0.2) is 16.1 Å². The second kappa shape index (κ2) is 5.91. The Kier molecular flexibility index (Phi) is 4.03. The summed E-state index contributed by atoms with van der Waals surface area (Å²) in [5.74, 6) is 0. The lowest BCUT2D eigenvalue weighted by Gasteiger charge is -1.98. The van der Waals surface area contributed by atoms with Crippen LogP contribution in [0.5, 0.6) is 0 Å². The molecule has 0 saturated heterocycles. The van der Waals surface area contributed by atoms with Crippen LogP contribution in [0.1, 0.15) is 11.1 Å². The molecule has 0 radical (unpaired) electrons. The van der Waals surface area contributed by atoms with E-state index in [4.69, 9.17) is 0 Å². The molecule has 21 heavy (non-hydrogen) atoms. The summed E-state index contributed by atoms with van der Waals surface area (Å²) in [5, 5.41) is 21.6. The zero-order valence-corrected chi connectivity index (χ0v) is 11.1. The van der Waals surface area contributed by atoms with Gasteiger partial charge in [0.2, 0.25) is 0 Å². The fourth-order valence-corrected chi connectivity index (χ4v) is 1.69. The molecule has 0 fully saturated rings. The summed E-state index contributed by atoms with van der Waals surface area (Å²) < 4.78 is 0. The van der Waals surface area contributed by atoms with Crippen LogP contribution < -0.4 is 0 Å². The summed E-state index contributed by atoms with van der Waals surface area (Å²) >= 11 is 0. The molecule has 0 unspecified atom stereocenters. The van der Waals surface area contributed by atoms with Crippen molar-refractivity contribution in [1.29, 1.82) is 0 Å². The Morgan fingerprint density at radius 3 is 2.24 bits per heavy atom. The van der Waals surface area contributed by atoms with Gasteiger partial charge < -0.3 is 0 Å². The molecule has 2 aromatic rings. The Balaban J connectivity index is 2.37. The summed E-state index contributed by atoms with van der Waals surface area (Å²) in [4.78, 5) is 24.4. The maximum atomic E-state index is 11.0. The van der Waals surface area contributed by atoms with Crippen LogP contribution in [-0.2, 0) is 0 Å². The molecule has 0 bridgehead atoms. The molecule has 7 heteroatoms. The van der Waals surface area contributed by atoms with E-state index in [9.17, 15) is 20.2 Å². The van der Waals surface area contributed by atoms with Crippen LogP contribution in [0.25, 0.3) is 0 Å². The number of hydrogen-bond donors (Lipinski definition) is 0. The fraction of sp³-hybridized carbons (Fsp3) is 0.0714. The second-order valence-electron chi connectivity index (χ2n) is 4.35. The van der Waals surface area contributed by atoms with Gasteiger partial charge in [-0.15, -0.1) is 0 Å². The number of aliphatic imine (C=N–C) groups is 1. The highest BCUT2D eigenvalue weighted by atomic mass is 16.6. The first kappa shape index (κ1) is 14.3. The Bertz CT molecular complexity index is 723. The molecule has 0 aromatic heterocycles. The van der Waals surface area contributed by atoms with E-state index in [1.54, 1.807) is 12.1 Å². The highest BCUT2D eigenvalue weighted by Gasteiger charge is 2.18. The molecule has 0 amide bonds. The van der Waals surface area contributed by atoms with Crippen LogP contribution in [0.4, 0.5) is 17.1 Å². The molecule has 2 rings (SSSR count). The molecule has 0 aliphatic rings. The molecule has 7 nitrogen and oxygen atoms in total. The summed E-state index contributed by atoms with van der Waals surface area (Å²) in [5.41, 5.74) is 1.27. The van der Waals surface area contributed by atoms with Gasteiger partial charge in [-0.1, -0.05) is 17.7 Å². The summed E-state index contributed by atoms with van der Waals surface area (Å²) in [7, 11) is 0. The van der Waals surface area contributed by atoms with Crippen molar-refractivity contribution in [1.82, 2.24) is 0 Å². The number of non-ortho nitro benzene ring substituents is 1. The topological polar surface area (TPSA) is 98.6 Å². The van der Waals surface area contributed by atoms with Gasteiger partial charge in [0.1, 0.15) is 0 Å². The van der Waals surface area contributed by atoms with E-state index in [1.807, 2.05) is 19.1 Å². The van der Waals surface area contributed by atoms with E-state index in [0.29, 0.717) is 5.69 Å². The zero-order valence-electron chi connectivity index (χ0n) is 11.1. The third-order valence-electron chi connectivity index (χ3n) is 2.81. The van der Waals surface area contributed by atoms with E-state index in [0.717, 1.165) is 11.6 Å². The standard InChI is InChI=1S/C14H11N3O4/c1-10-2-5-12(6-3-10)15-9-11-4-7-13(16(18)19)8-14(11)17(20)21/h2-9H,1H3. The SMILES string of the molecule is Cc1ccc(N=Cc2ccc([N+](=O)[O-])cc2[N+](=O)[O-])cc1. The van der Waals surface area contributed by atoms with Gasteiger partial charge in [0.05, 0.1) is 27.2 Å². The zero-order chi connectivity index (χ0) is 15.4. The smallest absolute Gasteiger partial charge is 0.258 e. The van der Waals surface area contributed by atoms with Crippen molar-refractivity contribution in [3.8, 4) is 0 Å². The number of nitrogens with zero attached hydrogens (tertiary/aromatic N) is 3. The Morgan fingerprint density at radius 2 is 1.67 bits per heavy atom. The molecule has 0 N–H and O–H groups in total. The maximum absolute atomic E-state index is 11.0. The molecule has 2 aromatic carbocycles. The number of benzene rings is 2. The largest absolute Gasteiger partial charge is 0.285 e. The third-order valence-corrected chi connectivity index (χ3v) is 2.81. The lowest BCUT2D eigenvalue weighted by atomic mass is 10.1. The van der Waals surface area contributed by atoms with Gasteiger partial charge in [-0.3, -0.25) is 25.2 Å². The summed E-state index contributed by atoms with van der Waals surface area (Å²) in [6.07, 6.45) is 1.33. The molecule has 0 saturated carbocycles. The molecular weight excluding hydrogens is 274 g/mol. The number of nitro benzene ring substituents is 2.